The summed E-state index contributed by atoms with van der Waals surface area (Å²) in [6.45, 7) is 1.79. The number of hydrogen-bond acceptors (Lipinski definition) is 5. The predicted molar refractivity (Wildman–Crippen MR) is 118 cm³/mol. The van der Waals surface area contributed by atoms with E-state index in [-0.39, 0.29) is 19.1 Å². The fourth-order valence-corrected chi connectivity index (χ4v) is 3.67. The predicted octanol–water partition coefficient (Wildman–Crippen LogP) is 2.69. The van der Waals surface area contributed by atoms with Gasteiger partial charge in [-0.1, -0.05) is 54.6 Å². The summed E-state index contributed by atoms with van der Waals surface area (Å²) in [5.74, 6) is -1.83. The van der Waals surface area contributed by atoms with Crippen LogP contribution in [0.3, 0.4) is 0 Å². The van der Waals surface area contributed by atoms with Crippen LogP contribution >= 0.6 is 0 Å². The molecule has 1 aliphatic rings. The lowest BCUT2D eigenvalue weighted by Crippen LogP contribution is -2.47. The number of hydrogen-bond donors (Lipinski definition) is 3. The molecule has 0 aromatic heterocycles. The second kappa shape index (κ2) is 10.6. The first-order valence-corrected chi connectivity index (χ1v) is 10.2. The average Bonchev–Trinajstić information content (AvgIpc) is 3.12. The maximum absolute atomic E-state index is 12.1. The zero-order chi connectivity index (χ0) is 23.1. The number of methoxy groups -OCH3 is 1. The number of nitrogens with one attached hydrogen (secondary N) is 2. The van der Waals surface area contributed by atoms with Crippen molar-refractivity contribution >= 4 is 18.0 Å². The minimum absolute atomic E-state index is 0.0369. The Balaban J connectivity index is 1.48. The van der Waals surface area contributed by atoms with Gasteiger partial charge >= 0.3 is 12.1 Å². The van der Waals surface area contributed by atoms with Crippen LogP contribution in [0.5, 0.6) is 0 Å². The van der Waals surface area contributed by atoms with Crippen LogP contribution in [0.15, 0.2) is 60.7 Å². The monoisotopic (exact) mass is 438 g/mol. The van der Waals surface area contributed by atoms with Gasteiger partial charge in [0.15, 0.2) is 6.04 Å². The van der Waals surface area contributed by atoms with Gasteiger partial charge in [-0.3, -0.25) is 4.79 Å². The minimum atomic E-state index is -1.20. The summed E-state index contributed by atoms with van der Waals surface area (Å²) < 4.78 is 10.4. The third-order valence-electron chi connectivity index (χ3n) is 5.38. The zero-order valence-corrected chi connectivity index (χ0v) is 17.9. The molecule has 3 rings (SSSR count). The first kappa shape index (κ1) is 23.0. The van der Waals surface area contributed by atoms with E-state index in [1.54, 1.807) is 6.92 Å². The molecule has 0 radical (unpaired) electrons. The largest absolute Gasteiger partial charge is 0.480 e. The molecular formula is C24H26N2O6. The molecule has 2 atom stereocenters. The number of benzene rings is 2. The molecule has 0 fully saturated rings. The van der Waals surface area contributed by atoms with Crippen LogP contribution in [0.25, 0.3) is 11.1 Å². The number of alkyl carbamates (subject to hydrolysis) is 1. The van der Waals surface area contributed by atoms with Gasteiger partial charge in [-0.25, -0.2) is 9.59 Å². The van der Waals surface area contributed by atoms with Gasteiger partial charge in [0, 0.05) is 25.6 Å². The summed E-state index contributed by atoms with van der Waals surface area (Å²) in [7, 11) is 1.36. The second-order valence-corrected chi connectivity index (χ2v) is 7.37. The van der Waals surface area contributed by atoms with E-state index in [2.05, 4.69) is 22.8 Å². The number of carboxylic acids is 1. The zero-order valence-electron chi connectivity index (χ0n) is 17.9. The highest BCUT2D eigenvalue weighted by atomic mass is 16.5. The molecule has 0 bridgehead atoms. The Morgan fingerprint density at radius 2 is 1.66 bits per heavy atom. The molecule has 0 heterocycles. The number of aliphatic carboxylic acids is 1. The quantitative estimate of drug-likeness (QED) is 0.519. The normalized spacial score (nSPS) is 14.3. The Morgan fingerprint density at radius 1 is 1.06 bits per heavy atom. The summed E-state index contributed by atoms with van der Waals surface area (Å²) in [5.41, 5.74) is 4.54. The fraction of sp³-hybridized carbons (Fsp3) is 0.292. The van der Waals surface area contributed by atoms with E-state index in [9.17, 15) is 14.4 Å². The van der Waals surface area contributed by atoms with E-state index in [0.29, 0.717) is 0 Å². The molecule has 2 amide bonds. The number of carboxylic acid groups (broad SMARTS) is 1. The molecule has 2 unspecified atom stereocenters. The molecule has 8 heteroatoms. The Morgan fingerprint density at radius 3 is 2.22 bits per heavy atom. The van der Waals surface area contributed by atoms with Crippen molar-refractivity contribution in [3.05, 3.63) is 71.8 Å². The number of fused-ring (bicyclic) bond motifs is 3. The van der Waals surface area contributed by atoms with Crippen LogP contribution in [0, 0.1) is 0 Å². The number of amides is 2. The molecule has 3 N–H and O–H groups in total. The van der Waals surface area contributed by atoms with E-state index in [1.807, 2.05) is 36.4 Å². The van der Waals surface area contributed by atoms with Crippen LogP contribution in [0.4, 0.5) is 4.79 Å². The summed E-state index contributed by atoms with van der Waals surface area (Å²) >= 11 is 0. The lowest BCUT2D eigenvalue weighted by molar-refractivity contribution is -0.144. The van der Waals surface area contributed by atoms with E-state index < -0.39 is 30.1 Å². The van der Waals surface area contributed by atoms with Crippen LogP contribution in [-0.2, 0) is 19.1 Å². The Labute approximate surface area is 186 Å². The summed E-state index contributed by atoms with van der Waals surface area (Å²) in [6.07, 6.45) is 1.27. The van der Waals surface area contributed by atoms with Gasteiger partial charge in [-0.2, -0.15) is 0 Å². The van der Waals surface area contributed by atoms with E-state index in [4.69, 9.17) is 14.6 Å². The van der Waals surface area contributed by atoms with E-state index in [0.717, 1.165) is 28.3 Å². The first-order valence-electron chi connectivity index (χ1n) is 10.2. The van der Waals surface area contributed by atoms with Crippen LogP contribution in [0.1, 0.15) is 24.0 Å². The first-order chi connectivity index (χ1) is 15.4. The molecule has 1 aliphatic carbocycles. The smallest absolute Gasteiger partial charge is 0.407 e. The summed E-state index contributed by atoms with van der Waals surface area (Å²) in [4.78, 5) is 35.2. The highest BCUT2D eigenvalue weighted by Crippen LogP contribution is 2.44. The van der Waals surface area contributed by atoms with Crippen molar-refractivity contribution in [3.8, 4) is 11.1 Å². The van der Waals surface area contributed by atoms with Gasteiger partial charge in [-0.15, -0.1) is 0 Å². The SMILES string of the molecule is COC(C)C(NC(=O)/C=C/CNC(=O)OCC1c2ccccc2-c2ccccc21)C(=O)O. The lowest BCUT2D eigenvalue weighted by Gasteiger charge is -2.19. The van der Waals surface area contributed by atoms with Crippen molar-refractivity contribution in [2.75, 3.05) is 20.3 Å². The molecule has 0 saturated carbocycles. The van der Waals surface area contributed by atoms with Gasteiger partial charge in [-0.05, 0) is 29.2 Å². The third-order valence-corrected chi connectivity index (χ3v) is 5.38. The van der Waals surface area contributed by atoms with Gasteiger partial charge in [0.05, 0.1) is 6.10 Å². The van der Waals surface area contributed by atoms with Crippen LogP contribution in [0.2, 0.25) is 0 Å². The number of rotatable bonds is 9. The van der Waals surface area contributed by atoms with E-state index >= 15 is 0 Å². The van der Waals surface area contributed by atoms with Gasteiger partial charge in [0.25, 0.3) is 0 Å². The second-order valence-electron chi connectivity index (χ2n) is 7.37. The minimum Gasteiger partial charge on any atom is -0.480 e. The Kier molecular flexibility index (Phi) is 7.62. The van der Waals surface area contributed by atoms with Crippen molar-refractivity contribution in [2.45, 2.75) is 25.0 Å². The molecule has 168 valence electrons. The van der Waals surface area contributed by atoms with Crippen molar-refractivity contribution in [1.82, 2.24) is 10.6 Å². The maximum atomic E-state index is 12.1. The van der Waals surface area contributed by atoms with Crippen molar-refractivity contribution < 1.29 is 29.0 Å². The van der Waals surface area contributed by atoms with Gasteiger partial charge in [0.2, 0.25) is 5.91 Å². The lowest BCUT2D eigenvalue weighted by atomic mass is 9.98. The molecule has 2 aromatic rings. The fourth-order valence-electron chi connectivity index (χ4n) is 3.67. The summed E-state index contributed by atoms with van der Waals surface area (Å²) in [5, 5.41) is 14.0. The van der Waals surface area contributed by atoms with Crippen LogP contribution in [-0.4, -0.2) is 55.5 Å². The Bertz CT molecular complexity index is 974. The Hall–Kier alpha value is -3.65. The van der Waals surface area contributed by atoms with Crippen molar-refractivity contribution in [3.63, 3.8) is 0 Å². The highest BCUT2D eigenvalue weighted by molar-refractivity contribution is 5.91. The number of carbonyl (C=O) groups is 3. The van der Waals surface area contributed by atoms with Gasteiger partial charge in [0.1, 0.15) is 6.61 Å². The van der Waals surface area contributed by atoms with Gasteiger partial charge < -0.3 is 25.2 Å². The molecule has 0 saturated heterocycles. The molecular weight excluding hydrogens is 412 g/mol. The number of ether oxygens (including phenoxy) is 2. The van der Waals surface area contributed by atoms with Crippen molar-refractivity contribution in [1.29, 1.82) is 0 Å². The molecule has 0 spiro atoms. The molecule has 2 aromatic carbocycles. The molecule has 32 heavy (non-hydrogen) atoms. The molecule has 8 nitrogen and oxygen atoms in total. The van der Waals surface area contributed by atoms with E-state index in [1.165, 1.54) is 13.2 Å². The van der Waals surface area contributed by atoms with Crippen LogP contribution < -0.4 is 10.6 Å². The topological polar surface area (TPSA) is 114 Å². The highest BCUT2D eigenvalue weighted by Gasteiger charge is 2.29. The number of carbonyl (C=O) groups excluding carboxylic acids is 2. The average molecular weight is 438 g/mol. The third kappa shape index (κ3) is 5.33. The standard InChI is InChI=1S/C24H26N2O6/c1-15(31-2)22(23(28)29)26-21(27)12-7-13-25-24(30)32-14-20-18-10-5-3-8-16(18)17-9-4-6-11-19(17)20/h3-12,15,20,22H,13-14H2,1-2H3,(H,25,30)(H,26,27)(H,28,29)/b12-7+. The van der Waals surface area contributed by atoms with Crippen molar-refractivity contribution in [2.24, 2.45) is 0 Å². The maximum Gasteiger partial charge on any atom is 0.407 e. The summed E-state index contributed by atoms with van der Waals surface area (Å²) in [6, 6.07) is 14.9. The molecule has 0 aliphatic heterocycles.